The van der Waals surface area contributed by atoms with E-state index < -0.39 is 0 Å². The van der Waals surface area contributed by atoms with Crippen LogP contribution in [0.2, 0.25) is 0 Å². The van der Waals surface area contributed by atoms with Gasteiger partial charge in [-0.05, 0) is 13.8 Å². The van der Waals surface area contributed by atoms with Crippen molar-refractivity contribution in [1.29, 1.82) is 0 Å². The van der Waals surface area contributed by atoms with Gasteiger partial charge in [-0.3, -0.25) is 0 Å². The van der Waals surface area contributed by atoms with E-state index in [0.717, 1.165) is 18.6 Å². The standard InChI is InChI=1S/C8H16N4O/c1-5(2)13-7-3-6(4-7)11-12-8(9)10/h5,7H,3-4H2,1-2H3,(H4,9,10,12). The molecule has 0 unspecified atom stereocenters. The van der Waals surface area contributed by atoms with Gasteiger partial charge in [0.15, 0.2) is 0 Å². The molecule has 1 fully saturated rings. The number of hydrogen-bond donors (Lipinski definition) is 2. The molecule has 1 rings (SSSR count). The molecule has 1 aliphatic rings. The third kappa shape index (κ3) is 3.42. The van der Waals surface area contributed by atoms with Crippen LogP contribution in [0, 0.1) is 0 Å². The number of rotatable bonds is 3. The van der Waals surface area contributed by atoms with Crippen molar-refractivity contribution in [2.45, 2.75) is 38.9 Å². The zero-order valence-corrected chi connectivity index (χ0v) is 8.03. The molecule has 0 aromatic carbocycles. The van der Waals surface area contributed by atoms with E-state index in [2.05, 4.69) is 10.2 Å². The summed E-state index contributed by atoms with van der Waals surface area (Å²) in [6.07, 6.45) is 2.26. The van der Waals surface area contributed by atoms with Crippen LogP contribution in [-0.4, -0.2) is 23.9 Å². The predicted molar refractivity (Wildman–Crippen MR) is 52.5 cm³/mol. The zero-order valence-electron chi connectivity index (χ0n) is 8.03. The van der Waals surface area contributed by atoms with Crippen LogP contribution in [0.5, 0.6) is 0 Å². The smallest absolute Gasteiger partial charge is 0.211 e. The molecule has 0 spiro atoms. The Morgan fingerprint density at radius 2 is 2.08 bits per heavy atom. The molecular formula is C8H16N4O. The SMILES string of the molecule is CC(C)OC1CC(=NN=C(N)N)C1. The van der Waals surface area contributed by atoms with Gasteiger partial charge in [0, 0.05) is 18.6 Å². The summed E-state index contributed by atoms with van der Waals surface area (Å²) >= 11 is 0. The Morgan fingerprint density at radius 3 is 2.54 bits per heavy atom. The number of guanidine groups is 1. The van der Waals surface area contributed by atoms with Gasteiger partial charge >= 0.3 is 0 Å². The van der Waals surface area contributed by atoms with Gasteiger partial charge in [-0.1, -0.05) is 0 Å². The van der Waals surface area contributed by atoms with Gasteiger partial charge in [0.1, 0.15) is 0 Å². The molecule has 0 atom stereocenters. The second-order valence-electron chi connectivity index (χ2n) is 3.41. The van der Waals surface area contributed by atoms with Gasteiger partial charge in [0.05, 0.1) is 12.2 Å². The molecule has 0 amide bonds. The highest BCUT2D eigenvalue weighted by molar-refractivity contribution is 5.91. The second-order valence-corrected chi connectivity index (χ2v) is 3.41. The van der Waals surface area contributed by atoms with E-state index in [1.54, 1.807) is 0 Å². The molecule has 0 saturated heterocycles. The highest BCUT2D eigenvalue weighted by Crippen LogP contribution is 2.21. The zero-order chi connectivity index (χ0) is 9.84. The first-order valence-electron chi connectivity index (χ1n) is 4.37. The van der Waals surface area contributed by atoms with Crippen molar-refractivity contribution in [1.82, 2.24) is 0 Å². The van der Waals surface area contributed by atoms with Crippen LogP contribution in [0.15, 0.2) is 10.2 Å². The van der Waals surface area contributed by atoms with Gasteiger partial charge in [0.2, 0.25) is 5.96 Å². The van der Waals surface area contributed by atoms with Crippen molar-refractivity contribution in [3.63, 3.8) is 0 Å². The lowest BCUT2D eigenvalue weighted by atomic mass is 9.93. The predicted octanol–water partition coefficient (Wildman–Crippen LogP) is 0.203. The van der Waals surface area contributed by atoms with Gasteiger partial charge in [-0.15, -0.1) is 5.10 Å². The van der Waals surface area contributed by atoms with Crippen molar-refractivity contribution in [3.05, 3.63) is 0 Å². The van der Waals surface area contributed by atoms with Crippen LogP contribution in [0.3, 0.4) is 0 Å². The average molecular weight is 184 g/mol. The summed E-state index contributed by atoms with van der Waals surface area (Å²) in [5.74, 6) is 0.000674. The summed E-state index contributed by atoms with van der Waals surface area (Å²) < 4.78 is 5.53. The van der Waals surface area contributed by atoms with E-state index in [4.69, 9.17) is 16.2 Å². The van der Waals surface area contributed by atoms with Crippen LogP contribution in [-0.2, 0) is 4.74 Å². The molecule has 0 bridgehead atoms. The fourth-order valence-corrected chi connectivity index (χ4v) is 1.16. The van der Waals surface area contributed by atoms with Crippen molar-refractivity contribution >= 4 is 11.7 Å². The van der Waals surface area contributed by atoms with E-state index in [1.165, 1.54) is 0 Å². The molecule has 1 saturated carbocycles. The maximum Gasteiger partial charge on any atom is 0.211 e. The maximum atomic E-state index is 5.53. The third-order valence-corrected chi connectivity index (χ3v) is 1.70. The van der Waals surface area contributed by atoms with Crippen molar-refractivity contribution in [3.8, 4) is 0 Å². The summed E-state index contributed by atoms with van der Waals surface area (Å²) in [4.78, 5) is 0. The summed E-state index contributed by atoms with van der Waals surface area (Å²) in [5, 5.41) is 7.43. The minimum atomic E-state index is 0.000674. The molecule has 5 heteroatoms. The van der Waals surface area contributed by atoms with E-state index in [0.29, 0.717) is 6.10 Å². The third-order valence-electron chi connectivity index (χ3n) is 1.70. The van der Waals surface area contributed by atoms with Gasteiger partial charge in [0.25, 0.3) is 0 Å². The average Bonchev–Trinajstić information content (AvgIpc) is 1.92. The number of nitrogens with two attached hydrogens (primary N) is 2. The van der Waals surface area contributed by atoms with Crippen LogP contribution in [0.1, 0.15) is 26.7 Å². The topological polar surface area (TPSA) is 86.0 Å². The molecule has 4 N–H and O–H groups in total. The van der Waals surface area contributed by atoms with Crippen LogP contribution < -0.4 is 11.5 Å². The molecular weight excluding hydrogens is 168 g/mol. The van der Waals surface area contributed by atoms with Crippen molar-refractivity contribution in [2.24, 2.45) is 21.7 Å². The molecule has 0 aromatic rings. The highest BCUT2D eigenvalue weighted by atomic mass is 16.5. The highest BCUT2D eigenvalue weighted by Gasteiger charge is 2.26. The molecule has 5 nitrogen and oxygen atoms in total. The Morgan fingerprint density at radius 1 is 1.46 bits per heavy atom. The molecule has 13 heavy (non-hydrogen) atoms. The molecule has 1 aliphatic carbocycles. The molecule has 0 radical (unpaired) electrons. The first-order valence-corrected chi connectivity index (χ1v) is 4.37. The quantitative estimate of drug-likeness (QED) is 0.373. The lowest BCUT2D eigenvalue weighted by molar-refractivity contribution is 0.00258. The minimum absolute atomic E-state index is 0.000674. The molecule has 74 valence electrons. The monoisotopic (exact) mass is 184 g/mol. The Balaban J connectivity index is 2.25. The van der Waals surface area contributed by atoms with E-state index in [9.17, 15) is 0 Å². The normalized spacial score (nSPS) is 21.2. The van der Waals surface area contributed by atoms with E-state index in [1.807, 2.05) is 13.8 Å². The van der Waals surface area contributed by atoms with Crippen molar-refractivity contribution < 1.29 is 4.74 Å². The Kier molecular flexibility index (Phi) is 3.25. The second kappa shape index (κ2) is 4.23. The summed E-state index contributed by atoms with van der Waals surface area (Å²) in [6.45, 7) is 4.04. The fourth-order valence-electron chi connectivity index (χ4n) is 1.16. The fraction of sp³-hybridized carbons (Fsp3) is 0.750. The molecule has 0 aromatic heterocycles. The summed E-state index contributed by atoms with van der Waals surface area (Å²) in [5.41, 5.74) is 11.2. The minimum Gasteiger partial charge on any atom is -0.375 e. The van der Waals surface area contributed by atoms with Crippen molar-refractivity contribution in [2.75, 3.05) is 0 Å². The number of ether oxygens (including phenoxy) is 1. The Hall–Kier alpha value is -1.10. The maximum absolute atomic E-state index is 5.53. The first-order chi connectivity index (χ1) is 6.08. The lowest BCUT2D eigenvalue weighted by Gasteiger charge is -2.28. The Labute approximate surface area is 77.8 Å². The largest absolute Gasteiger partial charge is 0.375 e. The van der Waals surface area contributed by atoms with Crippen LogP contribution in [0.4, 0.5) is 0 Å². The summed E-state index contributed by atoms with van der Waals surface area (Å²) in [7, 11) is 0. The van der Waals surface area contributed by atoms with Gasteiger partial charge < -0.3 is 16.2 Å². The lowest BCUT2D eigenvalue weighted by Crippen LogP contribution is -2.33. The summed E-state index contributed by atoms with van der Waals surface area (Å²) in [6, 6.07) is 0. The first kappa shape index (κ1) is 9.98. The Bertz CT molecular complexity index is 222. The van der Waals surface area contributed by atoms with Crippen LogP contribution >= 0.6 is 0 Å². The molecule has 0 heterocycles. The van der Waals surface area contributed by atoms with E-state index in [-0.39, 0.29) is 12.1 Å². The number of nitrogens with zero attached hydrogens (tertiary/aromatic N) is 2. The van der Waals surface area contributed by atoms with Crippen LogP contribution in [0.25, 0.3) is 0 Å². The molecule has 0 aliphatic heterocycles. The van der Waals surface area contributed by atoms with Gasteiger partial charge in [-0.25, -0.2) is 0 Å². The van der Waals surface area contributed by atoms with E-state index >= 15 is 0 Å². The number of hydrogen-bond acceptors (Lipinski definition) is 3. The van der Waals surface area contributed by atoms with Gasteiger partial charge in [-0.2, -0.15) is 5.10 Å².